The Bertz CT molecular complexity index is 502. The second-order valence-electron chi connectivity index (χ2n) is 4.93. The molecule has 0 bridgehead atoms. The first-order chi connectivity index (χ1) is 9.37. The van der Waals surface area contributed by atoms with E-state index in [4.69, 9.17) is 0 Å². The highest BCUT2D eigenvalue weighted by molar-refractivity contribution is 5.95. The number of hydrogen-bond donors (Lipinski definition) is 1. The molecular formula is C13H16F3N3O. The van der Waals surface area contributed by atoms with Gasteiger partial charge in [0.15, 0.2) is 0 Å². The van der Waals surface area contributed by atoms with Gasteiger partial charge in [0.1, 0.15) is 0 Å². The predicted molar refractivity (Wildman–Crippen MR) is 67.3 cm³/mol. The van der Waals surface area contributed by atoms with E-state index >= 15 is 0 Å². The highest BCUT2D eigenvalue weighted by Gasteiger charge is 2.27. The van der Waals surface area contributed by atoms with Gasteiger partial charge < -0.3 is 10.2 Å². The fourth-order valence-corrected chi connectivity index (χ4v) is 2.24. The van der Waals surface area contributed by atoms with Gasteiger partial charge in [-0.2, -0.15) is 13.2 Å². The van der Waals surface area contributed by atoms with Gasteiger partial charge in [-0.1, -0.05) is 0 Å². The maximum Gasteiger partial charge on any atom is 0.390 e. The molecule has 0 aliphatic carbocycles. The minimum absolute atomic E-state index is 0.387. The fourth-order valence-electron chi connectivity index (χ4n) is 2.24. The van der Waals surface area contributed by atoms with Gasteiger partial charge in [-0.15, -0.1) is 0 Å². The molecule has 0 saturated heterocycles. The van der Waals surface area contributed by atoms with Crippen LogP contribution in [0.2, 0.25) is 0 Å². The van der Waals surface area contributed by atoms with Crippen LogP contribution in [0.25, 0.3) is 0 Å². The molecule has 0 atom stereocenters. The van der Waals surface area contributed by atoms with Crippen LogP contribution in [0.1, 0.15) is 27.9 Å². The Morgan fingerprint density at radius 1 is 1.45 bits per heavy atom. The van der Waals surface area contributed by atoms with Crippen LogP contribution in [-0.2, 0) is 13.0 Å². The van der Waals surface area contributed by atoms with Crippen molar-refractivity contribution in [2.75, 3.05) is 20.1 Å². The normalized spacial score (nSPS) is 15.8. The first-order valence-electron chi connectivity index (χ1n) is 6.36. The number of halogens is 3. The highest BCUT2D eigenvalue weighted by Crippen LogP contribution is 2.21. The second kappa shape index (κ2) is 5.78. The van der Waals surface area contributed by atoms with Crippen molar-refractivity contribution in [1.82, 2.24) is 15.2 Å². The quantitative estimate of drug-likeness (QED) is 0.921. The summed E-state index contributed by atoms with van der Waals surface area (Å²) in [7, 11) is 1.97. The molecule has 0 radical (unpaired) electrons. The summed E-state index contributed by atoms with van der Waals surface area (Å²) < 4.78 is 36.2. The number of pyridine rings is 1. The molecule has 1 aromatic rings. The molecular weight excluding hydrogens is 271 g/mol. The van der Waals surface area contributed by atoms with E-state index in [0.29, 0.717) is 18.5 Å². The Morgan fingerprint density at radius 2 is 2.20 bits per heavy atom. The summed E-state index contributed by atoms with van der Waals surface area (Å²) in [6.45, 7) is 1.11. The van der Waals surface area contributed by atoms with E-state index < -0.39 is 25.0 Å². The van der Waals surface area contributed by atoms with Gasteiger partial charge >= 0.3 is 6.18 Å². The number of carbonyl (C=O) groups excluding carboxylic acids is 1. The van der Waals surface area contributed by atoms with Gasteiger partial charge in [0, 0.05) is 32.0 Å². The van der Waals surface area contributed by atoms with E-state index in [2.05, 4.69) is 15.2 Å². The zero-order chi connectivity index (χ0) is 14.8. The van der Waals surface area contributed by atoms with Gasteiger partial charge in [0.25, 0.3) is 5.91 Å². The van der Waals surface area contributed by atoms with Gasteiger partial charge in [-0.3, -0.25) is 9.78 Å². The largest absolute Gasteiger partial charge is 0.390 e. The van der Waals surface area contributed by atoms with Crippen LogP contribution < -0.4 is 5.32 Å². The number of nitrogens with zero attached hydrogens (tertiary/aromatic N) is 2. The molecule has 0 aromatic carbocycles. The number of fused-ring (bicyclic) bond motifs is 1. The SMILES string of the molecule is CN1CCc2c(cncc2C(=O)NCCC(F)(F)F)C1. The van der Waals surface area contributed by atoms with Crippen molar-refractivity contribution in [3.63, 3.8) is 0 Å². The zero-order valence-corrected chi connectivity index (χ0v) is 11.1. The molecule has 20 heavy (non-hydrogen) atoms. The van der Waals surface area contributed by atoms with E-state index in [0.717, 1.165) is 17.7 Å². The molecule has 2 rings (SSSR count). The number of hydrogen-bond acceptors (Lipinski definition) is 3. The number of likely N-dealkylation sites (N-methyl/N-ethyl adjacent to an activating group) is 1. The van der Waals surface area contributed by atoms with Gasteiger partial charge in [-0.05, 0) is 24.6 Å². The Labute approximate surface area is 115 Å². The van der Waals surface area contributed by atoms with E-state index in [9.17, 15) is 18.0 Å². The summed E-state index contributed by atoms with van der Waals surface area (Å²) >= 11 is 0. The number of alkyl halides is 3. The van der Waals surface area contributed by atoms with Crippen LogP contribution >= 0.6 is 0 Å². The molecule has 1 aliphatic heterocycles. The topological polar surface area (TPSA) is 45.2 Å². The monoisotopic (exact) mass is 287 g/mol. The van der Waals surface area contributed by atoms with Crippen LogP contribution in [-0.4, -0.2) is 42.1 Å². The third-order valence-electron chi connectivity index (χ3n) is 3.27. The molecule has 7 heteroatoms. The van der Waals surface area contributed by atoms with E-state index in [1.54, 1.807) is 6.20 Å². The molecule has 0 unspecified atom stereocenters. The molecule has 2 heterocycles. The Kier molecular flexibility index (Phi) is 4.27. The van der Waals surface area contributed by atoms with E-state index in [-0.39, 0.29) is 0 Å². The first-order valence-corrected chi connectivity index (χ1v) is 6.36. The summed E-state index contributed by atoms with van der Waals surface area (Å²) in [4.78, 5) is 18.1. The maximum absolute atomic E-state index is 12.1. The van der Waals surface area contributed by atoms with Gasteiger partial charge in [0.2, 0.25) is 0 Å². The van der Waals surface area contributed by atoms with Crippen molar-refractivity contribution in [3.05, 3.63) is 29.1 Å². The summed E-state index contributed by atoms with van der Waals surface area (Å²) in [6, 6.07) is 0. The summed E-state index contributed by atoms with van der Waals surface area (Å²) in [6.07, 6.45) is -1.45. The third kappa shape index (κ3) is 3.69. The number of rotatable bonds is 3. The predicted octanol–water partition coefficient (Wildman–Crippen LogP) is 1.75. The maximum atomic E-state index is 12.1. The Hall–Kier alpha value is -1.63. The van der Waals surface area contributed by atoms with Crippen LogP contribution in [0.15, 0.2) is 12.4 Å². The standard InChI is InChI=1S/C13H16F3N3O/c1-19-5-2-10-9(8-19)6-17-7-11(10)12(20)18-4-3-13(14,15)16/h6-7H,2-5,8H2,1H3,(H,18,20). The average molecular weight is 287 g/mol. The first kappa shape index (κ1) is 14.8. The average Bonchev–Trinajstić information content (AvgIpc) is 2.36. The fraction of sp³-hybridized carbons (Fsp3) is 0.538. The van der Waals surface area contributed by atoms with Crippen molar-refractivity contribution >= 4 is 5.91 Å². The van der Waals surface area contributed by atoms with Crippen molar-refractivity contribution < 1.29 is 18.0 Å². The number of aromatic nitrogens is 1. The summed E-state index contributed by atoms with van der Waals surface area (Å²) in [5, 5.41) is 2.30. The van der Waals surface area contributed by atoms with Crippen molar-refractivity contribution in [3.8, 4) is 0 Å². The highest BCUT2D eigenvalue weighted by atomic mass is 19.4. The molecule has 1 N–H and O–H groups in total. The Morgan fingerprint density at radius 3 is 2.90 bits per heavy atom. The van der Waals surface area contributed by atoms with Crippen LogP contribution in [0.4, 0.5) is 13.2 Å². The third-order valence-corrected chi connectivity index (χ3v) is 3.27. The molecule has 0 spiro atoms. The number of carbonyl (C=O) groups is 1. The van der Waals surface area contributed by atoms with Gasteiger partial charge in [-0.25, -0.2) is 0 Å². The minimum atomic E-state index is -4.26. The van der Waals surface area contributed by atoms with Crippen molar-refractivity contribution in [1.29, 1.82) is 0 Å². The summed E-state index contributed by atoms with van der Waals surface area (Å²) in [5.41, 5.74) is 2.24. The molecule has 4 nitrogen and oxygen atoms in total. The molecule has 0 saturated carbocycles. The lowest BCUT2D eigenvalue weighted by molar-refractivity contribution is -0.132. The van der Waals surface area contributed by atoms with E-state index in [1.165, 1.54) is 6.20 Å². The molecule has 1 aliphatic rings. The van der Waals surface area contributed by atoms with Crippen molar-refractivity contribution in [2.24, 2.45) is 0 Å². The van der Waals surface area contributed by atoms with Crippen LogP contribution in [0.5, 0.6) is 0 Å². The smallest absolute Gasteiger partial charge is 0.352 e. The van der Waals surface area contributed by atoms with Crippen molar-refractivity contribution in [2.45, 2.75) is 25.6 Å². The second-order valence-corrected chi connectivity index (χ2v) is 4.93. The van der Waals surface area contributed by atoms with E-state index in [1.807, 2.05) is 7.05 Å². The van der Waals surface area contributed by atoms with Crippen LogP contribution in [0, 0.1) is 0 Å². The minimum Gasteiger partial charge on any atom is -0.352 e. The number of nitrogens with one attached hydrogen (secondary N) is 1. The molecule has 1 aromatic heterocycles. The summed E-state index contributed by atoms with van der Waals surface area (Å²) in [5.74, 6) is -0.483. The van der Waals surface area contributed by atoms with Gasteiger partial charge in [0.05, 0.1) is 12.0 Å². The zero-order valence-electron chi connectivity index (χ0n) is 11.1. The molecule has 1 amide bonds. The lowest BCUT2D eigenvalue weighted by atomic mass is 9.97. The van der Waals surface area contributed by atoms with Crippen LogP contribution in [0.3, 0.4) is 0 Å². The lowest BCUT2D eigenvalue weighted by Gasteiger charge is -2.26. The molecule has 0 fully saturated rings. The molecule has 110 valence electrons. The number of amides is 1. The lowest BCUT2D eigenvalue weighted by Crippen LogP contribution is -2.32. The Balaban J connectivity index is 2.05.